The third-order valence-electron chi connectivity index (χ3n) is 2.82. The summed E-state index contributed by atoms with van der Waals surface area (Å²) in [4.78, 5) is 0. The van der Waals surface area contributed by atoms with Gasteiger partial charge in [0.15, 0.2) is 0 Å². The van der Waals surface area contributed by atoms with Gasteiger partial charge in [-0.3, -0.25) is 0 Å². The fraction of sp³-hybridized carbons (Fsp3) is 0.762. The highest BCUT2D eigenvalue weighted by Gasteiger charge is 2.08. The number of nitrogens with two attached hydrogens (primary N) is 1. The van der Waals surface area contributed by atoms with E-state index in [0.717, 1.165) is 18.9 Å². The highest BCUT2D eigenvalue weighted by Crippen LogP contribution is 2.24. The number of hydrogen-bond acceptors (Lipinski definition) is 2. The molecule has 142 valence electrons. The maximum absolute atomic E-state index is 6.95. The molecule has 0 aliphatic heterocycles. The molecule has 0 unspecified atom stereocenters. The Morgan fingerprint density at radius 3 is 1.92 bits per heavy atom. The monoisotopic (exact) mass is 336 g/mol. The summed E-state index contributed by atoms with van der Waals surface area (Å²) in [5, 5.41) is 6.95. The SMILES string of the molecule is C/C=C/C1CCCCC1.CC.CC.CCN.[B]CC/C=C\C(C)=N. The second kappa shape index (κ2) is 33.7. The predicted octanol–water partition coefficient (Wildman–Crippen LogP) is 6.72. The van der Waals surface area contributed by atoms with Crippen LogP contribution in [-0.4, -0.2) is 20.1 Å². The van der Waals surface area contributed by atoms with Gasteiger partial charge in [0.1, 0.15) is 0 Å². The predicted molar refractivity (Wildman–Crippen MR) is 117 cm³/mol. The normalized spacial score (nSPS) is 13.3. The van der Waals surface area contributed by atoms with Gasteiger partial charge >= 0.3 is 0 Å². The van der Waals surface area contributed by atoms with Gasteiger partial charge in [0.25, 0.3) is 0 Å². The van der Waals surface area contributed by atoms with Crippen molar-refractivity contribution >= 4 is 13.6 Å². The van der Waals surface area contributed by atoms with Gasteiger partial charge in [0, 0.05) is 5.71 Å². The van der Waals surface area contributed by atoms with E-state index < -0.39 is 0 Å². The smallest absolute Gasteiger partial charge is 0.0657 e. The topological polar surface area (TPSA) is 49.9 Å². The Hall–Kier alpha value is -0.825. The van der Waals surface area contributed by atoms with Gasteiger partial charge in [0.05, 0.1) is 7.85 Å². The first-order chi connectivity index (χ1) is 11.6. The van der Waals surface area contributed by atoms with Crippen molar-refractivity contribution < 1.29 is 0 Å². The summed E-state index contributed by atoms with van der Waals surface area (Å²) >= 11 is 0. The number of rotatable bonds is 4. The van der Waals surface area contributed by atoms with Crippen molar-refractivity contribution in [1.82, 2.24) is 0 Å². The molecule has 24 heavy (non-hydrogen) atoms. The number of nitrogens with one attached hydrogen (secondary N) is 1. The standard InChI is InChI=1S/C9H16.C6H10BN.C2H7N.2C2H6/c1-2-6-9-7-4-3-5-8-9;1-6(8)4-2-3-5-7;1-2-3;2*1-2/h2,6,9H,3-5,7-8H2,1H3;2,4,8H,3,5H2,1H3;2-3H2,1H3;2*1-2H3/b6-2+;4-2-,8-6?;;;. The minimum Gasteiger partial charge on any atom is -0.331 e. The zero-order valence-electron chi connectivity index (χ0n) is 17.7. The van der Waals surface area contributed by atoms with Gasteiger partial charge in [-0.25, -0.2) is 0 Å². The van der Waals surface area contributed by atoms with E-state index in [-0.39, 0.29) is 0 Å². The molecule has 0 heterocycles. The van der Waals surface area contributed by atoms with Crippen LogP contribution in [0.15, 0.2) is 24.3 Å². The largest absolute Gasteiger partial charge is 0.331 e. The molecule has 2 radical (unpaired) electrons. The second-order valence-electron chi connectivity index (χ2n) is 4.99. The second-order valence-corrected chi connectivity index (χ2v) is 4.99. The molecule has 2 nitrogen and oxygen atoms in total. The van der Waals surface area contributed by atoms with Crippen LogP contribution < -0.4 is 5.73 Å². The molecule has 0 amide bonds. The van der Waals surface area contributed by atoms with E-state index in [1.165, 1.54) is 32.1 Å². The van der Waals surface area contributed by atoms with E-state index >= 15 is 0 Å². The first-order valence-electron chi connectivity index (χ1n) is 9.86. The quantitative estimate of drug-likeness (QED) is 0.334. The van der Waals surface area contributed by atoms with Crippen LogP contribution in [0.3, 0.4) is 0 Å². The Bertz CT molecular complexity index is 255. The van der Waals surface area contributed by atoms with E-state index in [4.69, 9.17) is 19.0 Å². The van der Waals surface area contributed by atoms with E-state index in [0.29, 0.717) is 12.0 Å². The van der Waals surface area contributed by atoms with Crippen molar-refractivity contribution in [3.63, 3.8) is 0 Å². The molecule has 1 fully saturated rings. The van der Waals surface area contributed by atoms with Crippen LogP contribution in [0.2, 0.25) is 6.32 Å². The third-order valence-corrected chi connectivity index (χ3v) is 2.82. The highest BCUT2D eigenvalue weighted by molar-refractivity contribution is 6.08. The van der Waals surface area contributed by atoms with E-state index in [1.807, 2.05) is 40.7 Å². The third kappa shape index (κ3) is 37.4. The van der Waals surface area contributed by atoms with Gasteiger partial charge in [-0.1, -0.05) is 78.4 Å². The van der Waals surface area contributed by atoms with Crippen molar-refractivity contribution in [3.8, 4) is 0 Å². The lowest BCUT2D eigenvalue weighted by molar-refractivity contribution is 0.419. The maximum atomic E-state index is 6.95. The van der Waals surface area contributed by atoms with Crippen molar-refractivity contribution in [2.45, 2.75) is 93.3 Å². The number of hydrogen-bond donors (Lipinski definition) is 2. The molecule has 0 aromatic carbocycles. The molecule has 1 aliphatic carbocycles. The molecule has 0 aromatic heterocycles. The summed E-state index contributed by atoms with van der Waals surface area (Å²) < 4.78 is 0. The Labute approximate surface area is 155 Å². The fourth-order valence-corrected chi connectivity index (χ4v) is 1.96. The molecule has 0 saturated heterocycles. The Morgan fingerprint density at radius 2 is 1.58 bits per heavy atom. The lowest BCUT2D eigenvalue weighted by Gasteiger charge is -2.17. The minimum absolute atomic E-state index is 0.582. The zero-order chi connectivity index (χ0) is 19.6. The molecule has 3 N–H and O–H groups in total. The van der Waals surface area contributed by atoms with Gasteiger partial charge in [-0.05, 0) is 51.6 Å². The first kappa shape index (κ1) is 31.0. The fourth-order valence-electron chi connectivity index (χ4n) is 1.96. The molecule has 0 atom stereocenters. The van der Waals surface area contributed by atoms with Gasteiger partial charge in [-0.15, -0.1) is 0 Å². The highest BCUT2D eigenvalue weighted by atomic mass is 14.5. The molecule has 1 rings (SSSR count). The van der Waals surface area contributed by atoms with Gasteiger partial charge in [0.2, 0.25) is 0 Å². The molecular formula is C21H45BN2. The van der Waals surface area contributed by atoms with Gasteiger partial charge < -0.3 is 11.1 Å². The van der Waals surface area contributed by atoms with Crippen molar-refractivity contribution in [2.24, 2.45) is 11.7 Å². The summed E-state index contributed by atoms with van der Waals surface area (Å²) in [7, 11) is 5.19. The van der Waals surface area contributed by atoms with E-state index in [2.05, 4.69) is 19.1 Å². The van der Waals surface area contributed by atoms with Crippen LogP contribution in [0.4, 0.5) is 0 Å². The van der Waals surface area contributed by atoms with Crippen LogP contribution in [0.1, 0.15) is 87.0 Å². The van der Waals surface area contributed by atoms with Crippen LogP contribution in [-0.2, 0) is 0 Å². The molecule has 1 saturated carbocycles. The molecule has 3 heteroatoms. The van der Waals surface area contributed by atoms with Gasteiger partial charge in [-0.2, -0.15) is 0 Å². The number of allylic oxidation sites excluding steroid dienone is 4. The van der Waals surface area contributed by atoms with Crippen LogP contribution in [0, 0.1) is 11.3 Å². The Morgan fingerprint density at radius 1 is 1.12 bits per heavy atom. The molecule has 0 bridgehead atoms. The summed E-state index contributed by atoms with van der Waals surface area (Å²) in [6, 6.07) is 0. The first-order valence-corrected chi connectivity index (χ1v) is 9.86. The summed E-state index contributed by atoms with van der Waals surface area (Å²) in [5.74, 6) is 0.920. The Balaban J connectivity index is -0.000000122. The van der Waals surface area contributed by atoms with Crippen LogP contribution in [0.5, 0.6) is 0 Å². The summed E-state index contributed by atoms with van der Waals surface area (Å²) in [6.07, 6.45) is 17.0. The average Bonchev–Trinajstić information content (AvgIpc) is 2.61. The summed E-state index contributed by atoms with van der Waals surface area (Å²) in [6.45, 7) is 14.5. The van der Waals surface area contributed by atoms with Crippen LogP contribution in [0.25, 0.3) is 0 Å². The van der Waals surface area contributed by atoms with E-state index in [9.17, 15) is 0 Å². The molecule has 0 spiro atoms. The Kier molecular flexibility index (Phi) is 43.5. The summed E-state index contributed by atoms with van der Waals surface area (Å²) in [5.41, 5.74) is 5.43. The minimum atomic E-state index is 0.582. The molecule has 0 aromatic rings. The zero-order valence-corrected chi connectivity index (χ0v) is 17.7. The molecule has 1 aliphatic rings. The van der Waals surface area contributed by atoms with E-state index in [1.54, 1.807) is 13.0 Å². The molecular weight excluding hydrogens is 291 g/mol. The van der Waals surface area contributed by atoms with Crippen molar-refractivity contribution in [3.05, 3.63) is 24.3 Å². The lowest BCUT2D eigenvalue weighted by atomic mass is 9.89. The maximum Gasteiger partial charge on any atom is 0.0657 e. The lowest BCUT2D eigenvalue weighted by Crippen LogP contribution is -2.01. The van der Waals surface area contributed by atoms with Crippen molar-refractivity contribution in [2.75, 3.05) is 6.54 Å². The average molecular weight is 336 g/mol. The van der Waals surface area contributed by atoms with Crippen molar-refractivity contribution in [1.29, 1.82) is 5.41 Å². The van der Waals surface area contributed by atoms with Crippen LogP contribution >= 0.6 is 0 Å².